The van der Waals surface area contributed by atoms with Crippen LogP contribution in [0.15, 0.2) is 30.3 Å². The van der Waals surface area contributed by atoms with Gasteiger partial charge in [0, 0.05) is 12.0 Å². The van der Waals surface area contributed by atoms with E-state index >= 15 is 0 Å². The van der Waals surface area contributed by atoms with Crippen LogP contribution in [0.25, 0.3) is 0 Å². The van der Waals surface area contributed by atoms with Gasteiger partial charge in [0.2, 0.25) is 0 Å². The standard InChI is InChI=1S/C14H19NO/c1-2-6-11(7-3-1)14-12-8-4-5-9-13(12)15-10-16-14/h1-3,6-7,12-15H,4-5,8-10H2/t12-,13+,14-/m1/s1. The maximum Gasteiger partial charge on any atom is 0.0976 e. The van der Waals surface area contributed by atoms with Gasteiger partial charge in [-0.15, -0.1) is 0 Å². The van der Waals surface area contributed by atoms with Crippen LogP contribution in [0.1, 0.15) is 37.4 Å². The van der Waals surface area contributed by atoms with Crippen molar-refractivity contribution in [2.45, 2.75) is 37.8 Å². The molecule has 3 rings (SSSR count). The van der Waals surface area contributed by atoms with Gasteiger partial charge in [0.05, 0.1) is 12.8 Å². The van der Waals surface area contributed by atoms with Crippen LogP contribution in [0.4, 0.5) is 0 Å². The highest BCUT2D eigenvalue weighted by molar-refractivity contribution is 5.19. The summed E-state index contributed by atoms with van der Waals surface area (Å²) in [6.07, 6.45) is 5.66. The SMILES string of the molecule is c1ccc([C@H]2OCN[C@H]3CCCC[C@H]32)cc1. The fourth-order valence-electron chi connectivity index (χ4n) is 3.13. The van der Waals surface area contributed by atoms with Gasteiger partial charge in [0.1, 0.15) is 0 Å². The molecule has 86 valence electrons. The van der Waals surface area contributed by atoms with Crippen molar-refractivity contribution in [3.63, 3.8) is 0 Å². The number of fused-ring (bicyclic) bond motifs is 1. The average molecular weight is 217 g/mol. The van der Waals surface area contributed by atoms with Crippen LogP contribution in [-0.2, 0) is 4.74 Å². The Hall–Kier alpha value is -0.860. The third kappa shape index (κ3) is 1.87. The molecule has 0 unspecified atom stereocenters. The van der Waals surface area contributed by atoms with E-state index in [-0.39, 0.29) is 0 Å². The van der Waals surface area contributed by atoms with Crippen molar-refractivity contribution in [1.29, 1.82) is 0 Å². The molecule has 1 aromatic rings. The van der Waals surface area contributed by atoms with E-state index in [1.807, 2.05) is 0 Å². The molecule has 0 radical (unpaired) electrons. The van der Waals surface area contributed by atoms with Crippen LogP contribution in [0.2, 0.25) is 0 Å². The zero-order valence-electron chi connectivity index (χ0n) is 9.56. The van der Waals surface area contributed by atoms with Crippen LogP contribution in [-0.4, -0.2) is 12.8 Å². The molecule has 16 heavy (non-hydrogen) atoms. The maximum atomic E-state index is 5.92. The summed E-state index contributed by atoms with van der Waals surface area (Å²) in [4.78, 5) is 0. The molecule has 1 saturated heterocycles. The Kier molecular flexibility index (Phi) is 2.94. The first-order valence-corrected chi connectivity index (χ1v) is 6.35. The first-order valence-electron chi connectivity index (χ1n) is 6.35. The Bertz CT molecular complexity index is 336. The van der Waals surface area contributed by atoms with E-state index in [0.717, 1.165) is 0 Å². The molecule has 1 N–H and O–H groups in total. The van der Waals surface area contributed by atoms with Crippen molar-refractivity contribution in [2.24, 2.45) is 5.92 Å². The largest absolute Gasteiger partial charge is 0.358 e. The van der Waals surface area contributed by atoms with Crippen molar-refractivity contribution < 1.29 is 4.74 Å². The van der Waals surface area contributed by atoms with Crippen molar-refractivity contribution >= 4 is 0 Å². The van der Waals surface area contributed by atoms with E-state index in [2.05, 4.69) is 35.6 Å². The van der Waals surface area contributed by atoms with Gasteiger partial charge in [-0.3, -0.25) is 5.32 Å². The first kappa shape index (κ1) is 10.3. The molecule has 2 nitrogen and oxygen atoms in total. The molecule has 1 heterocycles. The summed E-state index contributed by atoms with van der Waals surface area (Å²) in [6, 6.07) is 11.4. The molecule has 0 aromatic heterocycles. The highest BCUT2D eigenvalue weighted by Gasteiger charge is 2.36. The summed E-state index contributed by atoms with van der Waals surface area (Å²) in [5.41, 5.74) is 1.35. The molecular weight excluding hydrogens is 198 g/mol. The molecule has 2 fully saturated rings. The second kappa shape index (κ2) is 4.56. The third-order valence-electron chi connectivity index (χ3n) is 3.94. The van der Waals surface area contributed by atoms with Gasteiger partial charge in [0.25, 0.3) is 0 Å². The van der Waals surface area contributed by atoms with Crippen molar-refractivity contribution in [3.05, 3.63) is 35.9 Å². The number of benzene rings is 1. The Balaban J connectivity index is 1.83. The van der Waals surface area contributed by atoms with Crippen LogP contribution in [0.5, 0.6) is 0 Å². The summed E-state index contributed by atoms with van der Waals surface area (Å²) < 4.78 is 5.92. The van der Waals surface area contributed by atoms with E-state index in [1.54, 1.807) is 0 Å². The molecule has 1 aliphatic heterocycles. The lowest BCUT2D eigenvalue weighted by molar-refractivity contribution is -0.0699. The molecule has 2 aliphatic rings. The van der Waals surface area contributed by atoms with E-state index < -0.39 is 0 Å². The van der Waals surface area contributed by atoms with Crippen LogP contribution < -0.4 is 5.32 Å². The first-order chi connectivity index (χ1) is 7.95. The minimum Gasteiger partial charge on any atom is -0.358 e. The summed E-state index contributed by atoms with van der Waals surface area (Å²) in [5.74, 6) is 0.671. The highest BCUT2D eigenvalue weighted by Crippen LogP contribution is 2.38. The number of rotatable bonds is 1. The van der Waals surface area contributed by atoms with E-state index in [9.17, 15) is 0 Å². The molecule has 0 spiro atoms. The fraction of sp³-hybridized carbons (Fsp3) is 0.571. The van der Waals surface area contributed by atoms with Crippen molar-refractivity contribution in [1.82, 2.24) is 5.32 Å². The van der Waals surface area contributed by atoms with Gasteiger partial charge in [-0.25, -0.2) is 0 Å². The van der Waals surface area contributed by atoms with Gasteiger partial charge in [-0.1, -0.05) is 43.2 Å². The Morgan fingerprint density at radius 3 is 2.75 bits per heavy atom. The molecule has 1 saturated carbocycles. The van der Waals surface area contributed by atoms with Gasteiger partial charge < -0.3 is 4.74 Å². The number of nitrogens with one attached hydrogen (secondary N) is 1. The quantitative estimate of drug-likeness (QED) is 0.781. The van der Waals surface area contributed by atoms with Crippen LogP contribution in [0, 0.1) is 5.92 Å². The lowest BCUT2D eigenvalue weighted by Crippen LogP contribution is -2.47. The average Bonchev–Trinajstić information content (AvgIpc) is 2.39. The maximum absolute atomic E-state index is 5.92. The smallest absolute Gasteiger partial charge is 0.0976 e. The minimum absolute atomic E-state index is 0.313. The normalized spacial score (nSPS) is 34.4. The predicted octanol–water partition coefficient (Wildman–Crippen LogP) is 2.86. The predicted molar refractivity (Wildman–Crippen MR) is 64.0 cm³/mol. The second-order valence-electron chi connectivity index (χ2n) is 4.90. The summed E-state index contributed by atoms with van der Waals surface area (Å²) in [6.45, 7) is 0.709. The zero-order valence-corrected chi connectivity index (χ0v) is 9.56. The van der Waals surface area contributed by atoms with Gasteiger partial charge in [0.15, 0.2) is 0 Å². The van der Waals surface area contributed by atoms with Gasteiger partial charge >= 0.3 is 0 Å². The number of ether oxygens (including phenoxy) is 1. The van der Waals surface area contributed by atoms with Crippen molar-refractivity contribution in [3.8, 4) is 0 Å². The molecule has 1 aliphatic carbocycles. The third-order valence-corrected chi connectivity index (χ3v) is 3.94. The molecule has 3 atom stereocenters. The van der Waals surface area contributed by atoms with E-state index in [1.165, 1.54) is 31.2 Å². The second-order valence-corrected chi connectivity index (χ2v) is 4.90. The van der Waals surface area contributed by atoms with Gasteiger partial charge in [-0.05, 0) is 18.4 Å². The molecule has 2 heteroatoms. The van der Waals surface area contributed by atoms with E-state index in [0.29, 0.717) is 24.8 Å². The molecule has 0 amide bonds. The minimum atomic E-state index is 0.313. The summed E-state index contributed by atoms with van der Waals surface area (Å²) >= 11 is 0. The monoisotopic (exact) mass is 217 g/mol. The molecule has 0 bridgehead atoms. The number of hydrogen-bond donors (Lipinski definition) is 1. The Morgan fingerprint density at radius 1 is 1.06 bits per heavy atom. The van der Waals surface area contributed by atoms with Crippen LogP contribution in [0.3, 0.4) is 0 Å². The lowest BCUT2D eigenvalue weighted by Gasteiger charge is -2.42. The van der Waals surface area contributed by atoms with Crippen molar-refractivity contribution in [2.75, 3.05) is 6.73 Å². The van der Waals surface area contributed by atoms with E-state index in [4.69, 9.17) is 4.74 Å². The fourth-order valence-corrected chi connectivity index (χ4v) is 3.13. The number of hydrogen-bond acceptors (Lipinski definition) is 2. The molecular formula is C14H19NO. The molecule has 1 aromatic carbocycles. The van der Waals surface area contributed by atoms with Gasteiger partial charge in [-0.2, -0.15) is 0 Å². The Labute approximate surface area is 97.0 Å². The zero-order chi connectivity index (χ0) is 10.8. The topological polar surface area (TPSA) is 21.3 Å². The summed E-state index contributed by atoms with van der Waals surface area (Å²) in [7, 11) is 0. The Morgan fingerprint density at radius 2 is 1.88 bits per heavy atom. The van der Waals surface area contributed by atoms with Crippen LogP contribution >= 0.6 is 0 Å². The summed E-state index contributed by atoms with van der Waals surface area (Å²) in [5, 5.41) is 3.50. The lowest BCUT2D eigenvalue weighted by atomic mass is 9.78. The highest BCUT2D eigenvalue weighted by atomic mass is 16.5.